The first kappa shape index (κ1) is 13.0. The molecule has 1 atom stereocenters. The van der Waals surface area contributed by atoms with Crippen molar-refractivity contribution in [3.8, 4) is 0 Å². The Kier molecular flexibility index (Phi) is 3.36. The summed E-state index contributed by atoms with van der Waals surface area (Å²) in [6.45, 7) is 3.38. The van der Waals surface area contributed by atoms with Gasteiger partial charge in [-0.3, -0.25) is 10.3 Å². The van der Waals surface area contributed by atoms with Crippen molar-refractivity contribution in [2.24, 2.45) is 4.40 Å². The highest BCUT2D eigenvalue weighted by molar-refractivity contribution is 7.90. The summed E-state index contributed by atoms with van der Waals surface area (Å²) in [5.74, 6) is -0.380. The Bertz CT molecular complexity index is 598. The van der Waals surface area contributed by atoms with Crippen LogP contribution in [-0.4, -0.2) is 20.4 Å². The predicted molar refractivity (Wildman–Crippen MR) is 64.1 cm³/mol. The minimum absolute atomic E-state index is 0.128. The molecule has 0 saturated carbocycles. The summed E-state index contributed by atoms with van der Waals surface area (Å²) < 4.78 is 40.8. The van der Waals surface area contributed by atoms with Crippen LogP contribution in [0.3, 0.4) is 0 Å². The molecule has 1 aliphatic rings. The van der Waals surface area contributed by atoms with E-state index in [2.05, 4.69) is 9.88 Å². The number of hydrogen-bond acceptors (Lipinski definition) is 3. The van der Waals surface area contributed by atoms with Crippen LogP contribution in [0.4, 0.5) is 4.39 Å². The van der Waals surface area contributed by atoms with E-state index >= 15 is 0 Å². The first-order chi connectivity index (χ1) is 8.38. The predicted octanol–water partition coefficient (Wildman–Crippen LogP) is 1.53. The van der Waals surface area contributed by atoms with Crippen molar-refractivity contribution in [2.75, 3.05) is 0 Å². The molecular weight excluding hydrogens is 259 g/mol. The molecule has 5 nitrogen and oxygen atoms in total. The molecule has 98 valence electrons. The third-order valence-corrected chi connectivity index (χ3v) is 3.97. The molecule has 1 aliphatic heterocycles. The number of aryl methyl sites for hydroxylation is 1. The number of rotatable bonds is 2. The fourth-order valence-electron chi connectivity index (χ4n) is 1.63. The lowest BCUT2D eigenvalue weighted by Crippen LogP contribution is -2.15. The smallest absolute Gasteiger partial charge is 0.271 e. The summed E-state index contributed by atoms with van der Waals surface area (Å²) in [6, 6.07) is 3.58. The van der Waals surface area contributed by atoms with Crippen molar-refractivity contribution < 1.29 is 17.6 Å². The third kappa shape index (κ3) is 2.68. The van der Waals surface area contributed by atoms with E-state index in [9.17, 15) is 12.8 Å². The Morgan fingerprint density at radius 2 is 2.22 bits per heavy atom. The first-order valence-corrected chi connectivity index (χ1v) is 6.84. The second-order valence-corrected chi connectivity index (χ2v) is 5.73. The summed E-state index contributed by atoms with van der Waals surface area (Å²) in [7, 11) is -3.91. The fraction of sp³-hybridized carbons (Fsp3) is 0.364. The molecule has 1 saturated heterocycles. The monoisotopic (exact) mass is 272 g/mol. The molecule has 0 radical (unpaired) electrons. The molecule has 0 unspecified atom stereocenters. The summed E-state index contributed by atoms with van der Waals surface area (Å²) in [5, 5.41) is 0. The highest BCUT2D eigenvalue weighted by Gasteiger charge is 2.22. The van der Waals surface area contributed by atoms with Crippen LogP contribution in [0.25, 0.3) is 0 Å². The number of halogens is 1. The molecule has 0 aromatic heterocycles. The molecule has 1 aromatic carbocycles. The van der Waals surface area contributed by atoms with Gasteiger partial charge >= 0.3 is 0 Å². The van der Waals surface area contributed by atoms with Gasteiger partial charge < -0.3 is 0 Å². The van der Waals surface area contributed by atoms with Crippen LogP contribution in [0.5, 0.6) is 0 Å². The molecule has 1 aromatic rings. The lowest BCUT2D eigenvalue weighted by Gasteiger charge is -2.04. The van der Waals surface area contributed by atoms with Crippen LogP contribution >= 0.6 is 0 Å². The fourth-order valence-corrected chi connectivity index (χ4v) is 2.86. The number of hydrogen-bond donors (Lipinski definition) is 1. The number of hydroxylamine groups is 1. The van der Waals surface area contributed by atoms with Gasteiger partial charge in [-0.25, -0.2) is 4.39 Å². The van der Waals surface area contributed by atoms with Gasteiger partial charge in [-0.2, -0.15) is 8.42 Å². The number of nitrogens with one attached hydrogen (secondary N) is 1. The molecule has 2 rings (SSSR count). The Morgan fingerprint density at radius 3 is 2.83 bits per heavy atom. The quantitative estimate of drug-likeness (QED) is 0.886. The van der Waals surface area contributed by atoms with Gasteiger partial charge in [0.2, 0.25) is 0 Å². The van der Waals surface area contributed by atoms with E-state index in [4.69, 9.17) is 4.84 Å². The van der Waals surface area contributed by atoms with E-state index < -0.39 is 15.8 Å². The van der Waals surface area contributed by atoms with Crippen molar-refractivity contribution in [2.45, 2.75) is 31.3 Å². The van der Waals surface area contributed by atoms with Crippen molar-refractivity contribution >= 4 is 15.9 Å². The van der Waals surface area contributed by atoms with Crippen molar-refractivity contribution in [1.82, 2.24) is 5.48 Å². The number of benzene rings is 1. The van der Waals surface area contributed by atoms with Crippen molar-refractivity contribution in [1.29, 1.82) is 0 Å². The van der Waals surface area contributed by atoms with E-state index in [1.807, 2.05) is 0 Å². The van der Waals surface area contributed by atoms with Gasteiger partial charge in [0.1, 0.15) is 11.7 Å². The number of sulfonamides is 1. The van der Waals surface area contributed by atoms with Gasteiger partial charge in [0.25, 0.3) is 10.0 Å². The van der Waals surface area contributed by atoms with E-state index in [1.54, 1.807) is 13.8 Å². The van der Waals surface area contributed by atoms with Crippen LogP contribution in [0.1, 0.15) is 18.9 Å². The highest BCUT2D eigenvalue weighted by Crippen LogP contribution is 2.20. The summed E-state index contributed by atoms with van der Waals surface area (Å²) in [4.78, 5) is 4.85. The maximum atomic E-state index is 13.1. The SMILES string of the molecule is Cc1ccc(F)cc1S(=O)(=O)N=C1C[C@@H](C)ON1. The number of amidine groups is 1. The van der Waals surface area contributed by atoms with E-state index in [-0.39, 0.29) is 16.8 Å². The molecule has 1 N–H and O–H groups in total. The average molecular weight is 272 g/mol. The van der Waals surface area contributed by atoms with E-state index in [0.29, 0.717) is 12.0 Å². The van der Waals surface area contributed by atoms with Crippen LogP contribution < -0.4 is 5.48 Å². The molecule has 0 spiro atoms. The molecule has 0 amide bonds. The Labute approximate surface area is 105 Å². The standard InChI is InChI=1S/C11H13FN2O3S/c1-7-3-4-9(12)6-10(7)18(15,16)14-11-5-8(2)17-13-11/h3-4,6,8H,5H2,1-2H3,(H,13,14)/t8-/m1/s1. The van der Waals surface area contributed by atoms with Crippen LogP contribution in [-0.2, 0) is 14.9 Å². The molecule has 18 heavy (non-hydrogen) atoms. The van der Waals surface area contributed by atoms with Gasteiger partial charge in [-0.15, -0.1) is 4.40 Å². The second-order valence-electron chi connectivity index (χ2n) is 4.16. The molecular formula is C11H13FN2O3S. The van der Waals surface area contributed by atoms with Crippen molar-refractivity contribution in [3.63, 3.8) is 0 Å². The van der Waals surface area contributed by atoms with E-state index in [1.165, 1.54) is 12.1 Å². The largest absolute Gasteiger partial charge is 0.284 e. The van der Waals surface area contributed by atoms with Crippen LogP contribution in [0.2, 0.25) is 0 Å². The van der Waals surface area contributed by atoms with Crippen molar-refractivity contribution in [3.05, 3.63) is 29.6 Å². The molecule has 1 heterocycles. The topological polar surface area (TPSA) is 67.8 Å². The average Bonchev–Trinajstić information content (AvgIpc) is 2.66. The summed E-state index contributed by atoms with van der Waals surface area (Å²) >= 11 is 0. The zero-order valence-electron chi connectivity index (χ0n) is 9.97. The lowest BCUT2D eigenvalue weighted by atomic mass is 10.2. The minimum atomic E-state index is -3.91. The third-order valence-electron chi connectivity index (χ3n) is 2.52. The van der Waals surface area contributed by atoms with Gasteiger partial charge in [0.15, 0.2) is 0 Å². The first-order valence-electron chi connectivity index (χ1n) is 5.40. The van der Waals surface area contributed by atoms with Gasteiger partial charge in [0, 0.05) is 6.42 Å². The van der Waals surface area contributed by atoms with Gasteiger partial charge in [0.05, 0.1) is 11.0 Å². The van der Waals surface area contributed by atoms with Gasteiger partial charge in [-0.1, -0.05) is 6.07 Å². The molecule has 0 bridgehead atoms. The summed E-state index contributed by atoms with van der Waals surface area (Å²) in [6.07, 6.45) is 0.251. The molecule has 7 heteroatoms. The second kappa shape index (κ2) is 4.66. The lowest BCUT2D eigenvalue weighted by molar-refractivity contribution is 0.0575. The zero-order valence-corrected chi connectivity index (χ0v) is 10.8. The van der Waals surface area contributed by atoms with Crippen LogP contribution in [0, 0.1) is 12.7 Å². The maximum Gasteiger partial charge on any atom is 0.284 e. The van der Waals surface area contributed by atoms with E-state index in [0.717, 1.165) is 6.07 Å². The zero-order chi connectivity index (χ0) is 13.3. The number of nitrogens with zero attached hydrogens (tertiary/aromatic N) is 1. The Morgan fingerprint density at radius 1 is 1.50 bits per heavy atom. The Hall–Kier alpha value is -1.47. The minimum Gasteiger partial charge on any atom is -0.271 e. The molecule has 1 fully saturated rings. The van der Waals surface area contributed by atoms with Gasteiger partial charge in [-0.05, 0) is 31.5 Å². The molecule has 0 aliphatic carbocycles. The normalized spacial score (nSPS) is 22.2. The van der Waals surface area contributed by atoms with Crippen LogP contribution in [0.15, 0.2) is 27.5 Å². The highest BCUT2D eigenvalue weighted by atomic mass is 32.2. The summed E-state index contributed by atoms with van der Waals surface area (Å²) in [5.41, 5.74) is 2.89. The maximum absolute atomic E-state index is 13.1. The Balaban J connectivity index is 2.40.